The van der Waals surface area contributed by atoms with Crippen LogP contribution in [0.15, 0.2) is 57.9 Å². The molecule has 0 saturated carbocycles. The van der Waals surface area contributed by atoms with Crippen molar-refractivity contribution in [2.45, 2.75) is 19.3 Å². The molecule has 2 N–H and O–H groups in total. The Labute approximate surface area is 165 Å². The summed E-state index contributed by atoms with van der Waals surface area (Å²) in [4.78, 5) is 25.9. The first kappa shape index (κ1) is 17.3. The molecule has 146 valence electrons. The van der Waals surface area contributed by atoms with E-state index < -0.39 is 5.92 Å². The molecule has 5 rings (SSSR count). The minimum atomic E-state index is -0.429. The number of carbonyl (C=O) groups is 1. The minimum absolute atomic E-state index is 0.145. The average molecular weight is 389 g/mol. The zero-order chi connectivity index (χ0) is 20.1. The number of benzene rings is 1. The maximum absolute atomic E-state index is 13.5. The number of aromatic nitrogens is 4. The van der Waals surface area contributed by atoms with Gasteiger partial charge in [-0.05, 0) is 31.2 Å². The third kappa shape index (κ3) is 2.56. The molecule has 0 spiro atoms. The predicted molar refractivity (Wildman–Crippen MR) is 107 cm³/mol. The number of aromatic amines is 1. The number of nitrogens with zero attached hydrogens (tertiary/aromatic N) is 3. The summed E-state index contributed by atoms with van der Waals surface area (Å²) in [5, 5.41) is 10.0. The third-order valence-electron chi connectivity index (χ3n) is 5.51. The zero-order valence-electron chi connectivity index (χ0n) is 16.0. The van der Waals surface area contributed by atoms with Crippen molar-refractivity contribution < 1.29 is 9.21 Å². The van der Waals surface area contributed by atoms with Crippen LogP contribution in [0.3, 0.4) is 0 Å². The maximum Gasteiger partial charge on any atom is 0.275 e. The van der Waals surface area contributed by atoms with Crippen molar-refractivity contribution in [2.24, 2.45) is 7.05 Å². The highest BCUT2D eigenvalue weighted by Crippen LogP contribution is 2.41. The van der Waals surface area contributed by atoms with Gasteiger partial charge in [0, 0.05) is 36.2 Å². The van der Waals surface area contributed by atoms with Gasteiger partial charge in [-0.3, -0.25) is 19.4 Å². The van der Waals surface area contributed by atoms with Crippen molar-refractivity contribution in [1.29, 1.82) is 0 Å². The molecular formula is C21H19N5O3. The Morgan fingerprint density at radius 2 is 1.90 bits per heavy atom. The standard InChI is InChI=1S/C21H19N5O3/c1-12-17(21(28)26(25(12)2)13-7-4-3-5-8-13)14-11-16(27)22-20-18(14)19(23-24-20)15-9-6-10-29-15/h3-10,14H,11H2,1-2H3,(H2,22,23,24,27). The quantitative estimate of drug-likeness (QED) is 0.563. The highest BCUT2D eigenvalue weighted by Gasteiger charge is 2.36. The number of H-pyrrole nitrogens is 1. The minimum Gasteiger partial charge on any atom is -0.463 e. The first-order valence-corrected chi connectivity index (χ1v) is 9.32. The van der Waals surface area contributed by atoms with Crippen molar-refractivity contribution in [3.63, 3.8) is 0 Å². The number of para-hydroxylation sites is 1. The van der Waals surface area contributed by atoms with Gasteiger partial charge in [-0.1, -0.05) is 18.2 Å². The number of furan rings is 1. The predicted octanol–water partition coefficient (Wildman–Crippen LogP) is 2.94. The monoisotopic (exact) mass is 389 g/mol. The van der Waals surface area contributed by atoms with Crippen LogP contribution in [0.25, 0.3) is 17.1 Å². The largest absolute Gasteiger partial charge is 0.463 e. The second-order valence-electron chi connectivity index (χ2n) is 7.12. The van der Waals surface area contributed by atoms with Crippen LogP contribution in [-0.4, -0.2) is 25.5 Å². The molecule has 4 heterocycles. The van der Waals surface area contributed by atoms with E-state index in [4.69, 9.17) is 4.42 Å². The van der Waals surface area contributed by atoms with E-state index in [0.29, 0.717) is 22.8 Å². The Bertz CT molecular complexity index is 1260. The van der Waals surface area contributed by atoms with E-state index in [1.807, 2.05) is 55.1 Å². The lowest BCUT2D eigenvalue weighted by molar-refractivity contribution is -0.116. The molecule has 1 atom stereocenters. The molecule has 8 nitrogen and oxygen atoms in total. The Kier molecular flexibility index (Phi) is 3.80. The molecule has 1 amide bonds. The third-order valence-corrected chi connectivity index (χ3v) is 5.51. The topological polar surface area (TPSA) is 97.9 Å². The summed E-state index contributed by atoms with van der Waals surface area (Å²) in [5.74, 6) is 0.443. The van der Waals surface area contributed by atoms with E-state index in [1.54, 1.807) is 17.0 Å². The maximum atomic E-state index is 13.5. The number of rotatable bonds is 3. The number of amides is 1. The van der Waals surface area contributed by atoms with Gasteiger partial charge in [0.2, 0.25) is 5.91 Å². The fraction of sp³-hybridized carbons (Fsp3) is 0.190. The average Bonchev–Trinajstić information content (AvgIpc) is 3.42. The molecule has 4 aromatic rings. The molecule has 0 fully saturated rings. The van der Waals surface area contributed by atoms with Gasteiger partial charge in [-0.2, -0.15) is 5.10 Å². The fourth-order valence-electron chi connectivity index (χ4n) is 4.10. The smallest absolute Gasteiger partial charge is 0.275 e. The molecule has 1 aromatic carbocycles. The van der Waals surface area contributed by atoms with E-state index in [-0.39, 0.29) is 17.9 Å². The number of nitrogens with one attached hydrogen (secondary N) is 2. The summed E-state index contributed by atoms with van der Waals surface area (Å²) < 4.78 is 8.99. The van der Waals surface area contributed by atoms with E-state index in [0.717, 1.165) is 16.9 Å². The Morgan fingerprint density at radius 3 is 2.62 bits per heavy atom. The van der Waals surface area contributed by atoms with Gasteiger partial charge in [0.1, 0.15) is 5.69 Å². The van der Waals surface area contributed by atoms with Gasteiger partial charge in [-0.25, -0.2) is 4.68 Å². The van der Waals surface area contributed by atoms with Crippen LogP contribution in [0.5, 0.6) is 0 Å². The number of anilines is 1. The van der Waals surface area contributed by atoms with Gasteiger partial charge < -0.3 is 9.73 Å². The first-order valence-electron chi connectivity index (χ1n) is 9.32. The summed E-state index contributed by atoms with van der Waals surface area (Å²) in [6.07, 6.45) is 1.74. The van der Waals surface area contributed by atoms with Gasteiger partial charge in [0.25, 0.3) is 5.56 Å². The van der Waals surface area contributed by atoms with Crippen molar-refractivity contribution in [3.05, 3.63) is 75.9 Å². The first-order chi connectivity index (χ1) is 14.1. The van der Waals surface area contributed by atoms with Gasteiger partial charge in [-0.15, -0.1) is 0 Å². The molecule has 29 heavy (non-hydrogen) atoms. The van der Waals surface area contributed by atoms with Crippen molar-refractivity contribution >= 4 is 11.7 Å². The highest BCUT2D eigenvalue weighted by molar-refractivity contribution is 5.95. The molecule has 0 saturated heterocycles. The Balaban J connectivity index is 1.74. The molecular weight excluding hydrogens is 370 g/mol. The molecule has 0 radical (unpaired) electrons. The van der Waals surface area contributed by atoms with Gasteiger partial charge in [0.05, 0.1) is 12.0 Å². The molecule has 1 aliphatic heterocycles. The van der Waals surface area contributed by atoms with E-state index in [1.165, 1.54) is 0 Å². The van der Waals surface area contributed by atoms with E-state index in [2.05, 4.69) is 15.5 Å². The van der Waals surface area contributed by atoms with Crippen molar-refractivity contribution in [2.75, 3.05) is 5.32 Å². The molecule has 1 aliphatic rings. The Hall–Kier alpha value is -3.81. The molecule has 1 unspecified atom stereocenters. The lowest BCUT2D eigenvalue weighted by Crippen LogP contribution is -2.28. The summed E-state index contributed by atoms with van der Waals surface area (Å²) in [7, 11) is 1.85. The van der Waals surface area contributed by atoms with Crippen LogP contribution in [0.2, 0.25) is 0 Å². The lowest BCUT2D eigenvalue weighted by atomic mass is 9.85. The zero-order valence-corrected chi connectivity index (χ0v) is 16.0. The summed E-state index contributed by atoms with van der Waals surface area (Å²) in [6.45, 7) is 1.90. The van der Waals surface area contributed by atoms with Crippen LogP contribution < -0.4 is 10.9 Å². The van der Waals surface area contributed by atoms with Crippen molar-refractivity contribution in [3.8, 4) is 17.1 Å². The summed E-state index contributed by atoms with van der Waals surface area (Å²) in [5.41, 5.74) is 3.45. The second kappa shape index (κ2) is 6.37. The number of fused-ring (bicyclic) bond motifs is 1. The molecule has 0 aliphatic carbocycles. The van der Waals surface area contributed by atoms with Crippen LogP contribution in [0.1, 0.15) is 29.2 Å². The molecule has 8 heteroatoms. The number of hydrogen-bond acceptors (Lipinski definition) is 4. The number of carbonyl (C=O) groups excluding carboxylic acids is 1. The van der Waals surface area contributed by atoms with Gasteiger partial charge in [0.15, 0.2) is 11.6 Å². The van der Waals surface area contributed by atoms with Crippen LogP contribution in [0.4, 0.5) is 5.82 Å². The SMILES string of the molecule is Cc1c(C2CC(=O)Nc3n[nH]c(-c4ccco4)c32)c(=O)n(-c2ccccc2)n1C. The molecule has 0 bridgehead atoms. The van der Waals surface area contributed by atoms with Crippen LogP contribution >= 0.6 is 0 Å². The van der Waals surface area contributed by atoms with Gasteiger partial charge >= 0.3 is 0 Å². The van der Waals surface area contributed by atoms with E-state index in [9.17, 15) is 9.59 Å². The van der Waals surface area contributed by atoms with Crippen LogP contribution in [-0.2, 0) is 11.8 Å². The van der Waals surface area contributed by atoms with Crippen molar-refractivity contribution in [1.82, 2.24) is 19.6 Å². The normalized spacial score (nSPS) is 15.9. The summed E-state index contributed by atoms with van der Waals surface area (Å²) in [6, 6.07) is 13.1. The lowest BCUT2D eigenvalue weighted by Gasteiger charge is -2.22. The fourth-order valence-corrected chi connectivity index (χ4v) is 4.10. The number of hydrogen-bond donors (Lipinski definition) is 2. The molecule has 3 aromatic heterocycles. The van der Waals surface area contributed by atoms with E-state index >= 15 is 0 Å². The summed E-state index contributed by atoms with van der Waals surface area (Å²) >= 11 is 0. The highest BCUT2D eigenvalue weighted by atomic mass is 16.3. The Morgan fingerprint density at radius 1 is 1.10 bits per heavy atom. The second-order valence-corrected chi connectivity index (χ2v) is 7.12. The van der Waals surface area contributed by atoms with Crippen LogP contribution in [0, 0.1) is 6.92 Å².